The normalized spacial score (nSPS) is 7.73. The Hall–Kier alpha value is -0.940. The highest BCUT2D eigenvalue weighted by molar-refractivity contribution is 5.91. The van der Waals surface area contributed by atoms with Crippen LogP contribution < -0.4 is 0 Å². The van der Waals surface area contributed by atoms with Crippen molar-refractivity contribution < 1.29 is 19.5 Å². The number of hydrogen-bond donors (Lipinski definition) is 1. The number of carbonyl (C=O) groups excluding carboxylic acids is 2. The minimum Gasteiger partial charge on any atom is -0.400 e. The minimum atomic E-state index is -0.412. The summed E-state index contributed by atoms with van der Waals surface area (Å²) in [5.74, 6) is -0.824. The first-order valence-corrected chi connectivity index (χ1v) is 2.89. The van der Waals surface area contributed by atoms with Crippen LogP contribution in [0.4, 0.5) is 0 Å². The van der Waals surface area contributed by atoms with Crippen LogP contribution in [-0.4, -0.2) is 36.2 Å². The topological polar surface area (TPSA) is 66.8 Å². The van der Waals surface area contributed by atoms with Gasteiger partial charge in [-0.05, 0) is 0 Å². The Morgan fingerprint density at radius 3 is 1.45 bits per heavy atom. The lowest BCUT2D eigenvalue weighted by Crippen LogP contribution is -2.31. The van der Waals surface area contributed by atoms with Gasteiger partial charge in [0.05, 0.1) is 7.11 Å². The molecule has 11 heavy (non-hydrogen) atoms. The van der Waals surface area contributed by atoms with Gasteiger partial charge in [-0.1, -0.05) is 0 Å². The molecule has 5 heteroatoms. The van der Waals surface area contributed by atoms with E-state index in [0.29, 0.717) is 5.06 Å². The van der Waals surface area contributed by atoms with Crippen molar-refractivity contribution in [3.63, 3.8) is 0 Å². The van der Waals surface area contributed by atoms with E-state index in [1.54, 1.807) is 0 Å². The third-order valence-corrected chi connectivity index (χ3v) is 0.755. The van der Waals surface area contributed by atoms with Crippen LogP contribution in [0.2, 0.25) is 0 Å². The average molecular weight is 163 g/mol. The second-order valence-electron chi connectivity index (χ2n) is 1.51. The highest BCUT2D eigenvalue weighted by Gasteiger charge is 2.11. The number of rotatable bonds is 1. The number of aliphatic hydroxyl groups excluding tert-OH is 1. The van der Waals surface area contributed by atoms with Gasteiger partial charge in [0.2, 0.25) is 11.8 Å². The van der Waals surface area contributed by atoms with Crippen molar-refractivity contribution in [1.29, 1.82) is 0 Å². The summed E-state index contributed by atoms with van der Waals surface area (Å²) >= 11 is 0. The fraction of sp³-hybridized carbons (Fsp3) is 0.667. The van der Waals surface area contributed by atoms with Crippen LogP contribution >= 0.6 is 0 Å². The fourth-order valence-corrected chi connectivity index (χ4v) is 0.479. The van der Waals surface area contributed by atoms with Crippen LogP contribution in [0, 0.1) is 0 Å². The molecule has 0 aliphatic heterocycles. The molecular weight excluding hydrogens is 150 g/mol. The molecule has 2 amide bonds. The second kappa shape index (κ2) is 7.17. The monoisotopic (exact) mass is 163 g/mol. The molecule has 0 aromatic heterocycles. The smallest absolute Gasteiger partial charge is 0.250 e. The van der Waals surface area contributed by atoms with Gasteiger partial charge in [0.1, 0.15) is 0 Å². The molecule has 0 unspecified atom stereocenters. The standard InChI is InChI=1S/C5H9NO3.CH4O/c1-4(7)6(9-3)5(2)8;1-2/h1-3H3;2H,1H3. The Bertz CT molecular complexity index is 121. The van der Waals surface area contributed by atoms with Crippen molar-refractivity contribution in [2.75, 3.05) is 14.2 Å². The van der Waals surface area contributed by atoms with Crippen molar-refractivity contribution in [3.8, 4) is 0 Å². The Morgan fingerprint density at radius 2 is 1.45 bits per heavy atom. The number of hydroxylamine groups is 2. The molecule has 0 atom stereocenters. The molecule has 0 aromatic rings. The molecule has 5 nitrogen and oxygen atoms in total. The number of aliphatic hydroxyl groups is 1. The predicted octanol–water partition coefficient (Wildman–Crippen LogP) is -0.449. The van der Waals surface area contributed by atoms with Gasteiger partial charge in [-0.3, -0.25) is 14.4 Å². The van der Waals surface area contributed by atoms with Gasteiger partial charge < -0.3 is 5.11 Å². The van der Waals surface area contributed by atoms with Crippen LogP contribution in [0.1, 0.15) is 13.8 Å². The first-order chi connectivity index (χ1) is 5.09. The summed E-state index contributed by atoms with van der Waals surface area (Å²) in [5, 5.41) is 7.68. The molecular formula is C6H13NO4. The molecule has 0 aliphatic rings. The molecule has 0 bridgehead atoms. The van der Waals surface area contributed by atoms with Crippen LogP contribution in [-0.2, 0) is 14.4 Å². The summed E-state index contributed by atoms with van der Waals surface area (Å²) in [6.07, 6.45) is 0. The Balaban J connectivity index is 0. The summed E-state index contributed by atoms with van der Waals surface area (Å²) in [6.45, 7) is 2.51. The van der Waals surface area contributed by atoms with E-state index >= 15 is 0 Å². The zero-order valence-electron chi connectivity index (χ0n) is 7.12. The second-order valence-corrected chi connectivity index (χ2v) is 1.51. The number of hydrogen-bond acceptors (Lipinski definition) is 4. The summed E-state index contributed by atoms with van der Waals surface area (Å²) in [7, 11) is 2.27. The molecule has 0 heterocycles. The largest absolute Gasteiger partial charge is 0.400 e. The van der Waals surface area contributed by atoms with E-state index in [0.717, 1.165) is 7.11 Å². The van der Waals surface area contributed by atoms with E-state index in [-0.39, 0.29) is 0 Å². The maximum Gasteiger partial charge on any atom is 0.250 e. The van der Waals surface area contributed by atoms with Gasteiger partial charge in [-0.2, -0.15) is 5.06 Å². The van der Waals surface area contributed by atoms with Crippen molar-refractivity contribution in [1.82, 2.24) is 5.06 Å². The van der Waals surface area contributed by atoms with Crippen molar-refractivity contribution in [2.24, 2.45) is 0 Å². The Labute approximate surface area is 65.5 Å². The van der Waals surface area contributed by atoms with Crippen LogP contribution in [0.5, 0.6) is 0 Å². The number of imide groups is 1. The molecule has 0 fully saturated rings. The van der Waals surface area contributed by atoms with Gasteiger partial charge in [-0.25, -0.2) is 0 Å². The van der Waals surface area contributed by atoms with Gasteiger partial charge in [0.25, 0.3) is 0 Å². The lowest BCUT2D eigenvalue weighted by atomic mass is 10.6. The third-order valence-electron chi connectivity index (χ3n) is 0.755. The Kier molecular flexibility index (Phi) is 8.29. The van der Waals surface area contributed by atoms with E-state index in [9.17, 15) is 9.59 Å². The van der Waals surface area contributed by atoms with E-state index in [1.165, 1.54) is 21.0 Å². The summed E-state index contributed by atoms with van der Waals surface area (Å²) < 4.78 is 0. The quantitative estimate of drug-likeness (QED) is 0.532. The highest BCUT2D eigenvalue weighted by atomic mass is 16.7. The van der Waals surface area contributed by atoms with E-state index < -0.39 is 11.8 Å². The number of carbonyl (C=O) groups is 2. The molecule has 0 radical (unpaired) electrons. The van der Waals surface area contributed by atoms with Crippen LogP contribution in [0.15, 0.2) is 0 Å². The summed E-state index contributed by atoms with van der Waals surface area (Å²) in [5.41, 5.74) is 0. The summed E-state index contributed by atoms with van der Waals surface area (Å²) in [6, 6.07) is 0. The molecule has 0 saturated heterocycles. The van der Waals surface area contributed by atoms with Gasteiger partial charge in [0.15, 0.2) is 0 Å². The lowest BCUT2D eigenvalue weighted by Gasteiger charge is -2.11. The highest BCUT2D eigenvalue weighted by Crippen LogP contribution is 1.88. The lowest BCUT2D eigenvalue weighted by molar-refractivity contribution is -0.184. The third kappa shape index (κ3) is 5.50. The Morgan fingerprint density at radius 1 is 1.18 bits per heavy atom. The van der Waals surface area contributed by atoms with E-state index in [1.807, 2.05) is 0 Å². The maximum atomic E-state index is 10.4. The van der Waals surface area contributed by atoms with Crippen molar-refractivity contribution >= 4 is 11.8 Å². The maximum absolute atomic E-state index is 10.4. The fourth-order valence-electron chi connectivity index (χ4n) is 0.479. The summed E-state index contributed by atoms with van der Waals surface area (Å²) in [4.78, 5) is 25.2. The van der Waals surface area contributed by atoms with E-state index in [2.05, 4.69) is 4.84 Å². The molecule has 0 aromatic carbocycles. The molecule has 1 N–H and O–H groups in total. The SMILES string of the molecule is CO.CON(C(C)=O)C(C)=O. The van der Waals surface area contributed by atoms with Gasteiger partial charge >= 0.3 is 0 Å². The molecule has 0 spiro atoms. The minimum absolute atomic E-state index is 0.412. The molecule has 66 valence electrons. The zero-order chi connectivity index (χ0) is 9.44. The van der Waals surface area contributed by atoms with Gasteiger partial charge in [0, 0.05) is 21.0 Å². The molecule has 0 aliphatic carbocycles. The zero-order valence-corrected chi connectivity index (χ0v) is 7.12. The first kappa shape index (κ1) is 12.7. The van der Waals surface area contributed by atoms with Crippen molar-refractivity contribution in [2.45, 2.75) is 13.8 Å². The average Bonchev–Trinajstić information content (AvgIpc) is 1.91. The predicted molar refractivity (Wildman–Crippen MR) is 38.4 cm³/mol. The number of nitrogens with zero attached hydrogens (tertiary/aromatic N) is 1. The van der Waals surface area contributed by atoms with Gasteiger partial charge in [-0.15, -0.1) is 0 Å². The van der Waals surface area contributed by atoms with E-state index in [4.69, 9.17) is 5.11 Å². The van der Waals surface area contributed by atoms with Crippen molar-refractivity contribution in [3.05, 3.63) is 0 Å². The first-order valence-electron chi connectivity index (χ1n) is 2.89. The van der Waals surface area contributed by atoms with Crippen LogP contribution in [0.3, 0.4) is 0 Å². The van der Waals surface area contributed by atoms with Crippen LogP contribution in [0.25, 0.3) is 0 Å². The molecule has 0 rings (SSSR count). The molecule has 0 saturated carbocycles. The number of amides is 2.